The standard InChI is InChI=1S/C28H34N8O6.C2HF3O2/c1-17(37)28(13-3-2-4-22(38)33-21-11-9-19(10-12-21)25(31)32)27(42)35(16-23(39)40)14-15-36(28)34-26(41)20-7-5-18(6-8-20)24(29)30;3-2(4,5)1(6)7/h5-12H,2-4,13-16H2,1H3,(H3,29,30)(H3,31,32)(H,33,38)(H,34,41)(H,39,40);(H,6,7)/t28-;/m0./s1. The molecule has 2 aromatic rings. The van der Waals surface area contributed by atoms with Crippen molar-refractivity contribution in [1.82, 2.24) is 15.3 Å². The molecule has 1 saturated heterocycles. The van der Waals surface area contributed by atoms with Gasteiger partial charge in [0.2, 0.25) is 5.91 Å². The first-order chi connectivity index (χ1) is 22.8. The van der Waals surface area contributed by atoms with Crippen LogP contribution < -0.4 is 22.2 Å². The summed E-state index contributed by atoms with van der Waals surface area (Å²) in [6.07, 6.45) is -4.54. The summed E-state index contributed by atoms with van der Waals surface area (Å²) in [5.41, 5.74) is 13.3. The predicted octanol–water partition coefficient (Wildman–Crippen LogP) is 1.29. The van der Waals surface area contributed by atoms with Gasteiger partial charge in [0.05, 0.1) is 0 Å². The fourth-order valence-electron chi connectivity index (χ4n) is 4.73. The number of carboxylic acid groups (broad SMARTS) is 2. The number of benzene rings is 2. The summed E-state index contributed by atoms with van der Waals surface area (Å²) in [5, 5.41) is 35.4. The van der Waals surface area contributed by atoms with Crippen LogP contribution in [0.2, 0.25) is 0 Å². The molecule has 19 heteroatoms. The number of nitrogens with zero attached hydrogens (tertiary/aromatic N) is 2. The number of hydrogen-bond donors (Lipinski definition) is 8. The molecule has 49 heavy (non-hydrogen) atoms. The Morgan fingerprint density at radius 2 is 1.37 bits per heavy atom. The van der Waals surface area contributed by atoms with Gasteiger partial charge in [-0.2, -0.15) is 18.2 Å². The van der Waals surface area contributed by atoms with Crippen LogP contribution in [0.25, 0.3) is 0 Å². The maximum atomic E-state index is 13.6. The zero-order valence-corrected chi connectivity index (χ0v) is 26.1. The van der Waals surface area contributed by atoms with E-state index in [1.807, 2.05) is 0 Å². The molecule has 3 rings (SSSR count). The lowest BCUT2D eigenvalue weighted by Gasteiger charge is -2.47. The number of hydrazine groups is 1. The first-order valence-corrected chi connectivity index (χ1v) is 14.4. The monoisotopic (exact) mass is 692 g/mol. The minimum atomic E-state index is -5.08. The van der Waals surface area contributed by atoms with Crippen molar-refractivity contribution in [2.45, 2.75) is 44.3 Å². The van der Waals surface area contributed by atoms with Crippen molar-refractivity contribution in [3.05, 3.63) is 65.2 Å². The number of piperazine rings is 1. The molecule has 1 atom stereocenters. The first-order valence-electron chi connectivity index (χ1n) is 14.4. The molecule has 0 aliphatic carbocycles. The van der Waals surface area contributed by atoms with Crippen LogP contribution in [0.5, 0.6) is 0 Å². The molecule has 0 spiro atoms. The number of aliphatic carboxylic acids is 2. The maximum absolute atomic E-state index is 13.6. The highest BCUT2D eigenvalue weighted by molar-refractivity contribution is 6.11. The Hall–Kier alpha value is -5.85. The summed E-state index contributed by atoms with van der Waals surface area (Å²) in [6.45, 7) is 0.564. The van der Waals surface area contributed by atoms with Crippen LogP contribution in [-0.4, -0.2) is 98.6 Å². The highest BCUT2D eigenvalue weighted by atomic mass is 19.4. The third kappa shape index (κ3) is 10.8. The van der Waals surface area contributed by atoms with Gasteiger partial charge in [-0.05, 0) is 56.2 Å². The summed E-state index contributed by atoms with van der Waals surface area (Å²) in [7, 11) is 0. The predicted molar refractivity (Wildman–Crippen MR) is 168 cm³/mol. The normalized spacial score (nSPS) is 16.1. The van der Waals surface area contributed by atoms with Gasteiger partial charge in [-0.3, -0.25) is 40.2 Å². The largest absolute Gasteiger partial charge is 0.490 e. The lowest BCUT2D eigenvalue weighted by Crippen LogP contribution is -2.73. The Kier molecular flexibility index (Phi) is 13.5. The maximum Gasteiger partial charge on any atom is 0.490 e. The van der Waals surface area contributed by atoms with E-state index < -0.39 is 47.8 Å². The summed E-state index contributed by atoms with van der Waals surface area (Å²) < 4.78 is 31.7. The Morgan fingerprint density at radius 3 is 1.82 bits per heavy atom. The number of Topliss-reactive ketones (excluding diaryl/α,β-unsaturated/α-hetero) is 1. The van der Waals surface area contributed by atoms with Crippen molar-refractivity contribution in [2.24, 2.45) is 11.5 Å². The summed E-state index contributed by atoms with van der Waals surface area (Å²) in [6, 6.07) is 12.3. The number of nitrogens with two attached hydrogens (primary N) is 2. The average Bonchev–Trinajstić information content (AvgIpc) is 3.01. The number of halogens is 3. The summed E-state index contributed by atoms with van der Waals surface area (Å²) in [5.74, 6) is -6.49. The molecule has 0 saturated carbocycles. The molecule has 2 aromatic carbocycles. The number of nitrogens with one attached hydrogen (secondary N) is 4. The molecule has 1 aliphatic heterocycles. The number of carboxylic acids is 2. The highest BCUT2D eigenvalue weighted by Crippen LogP contribution is 2.30. The minimum Gasteiger partial charge on any atom is -0.480 e. The molecule has 0 bridgehead atoms. The van der Waals surface area contributed by atoms with E-state index in [1.165, 1.54) is 36.2 Å². The number of amidine groups is 2. The Bertz CT molecular complexity index is 1600. The van der Waals surface area contributed by atoms with Gasteiger partial charge in [0, 0.05) is 41.9 Å². The van der Waals surface area contributed by atoms with E-state index in [0.29, 0.717) is 23.2 Å². The van der Waals surface area contributed by atoms with E-state index in [0.717, 1.165) is 4.90 Å². The number of ketones is 1. The Labute approximate surface area is 277 Å². The molecule has 0 unspecified atom stereocenters. The van der Waals surface area contributed by atoms with Gasteiger partial charge in [0.25, 0.3) is 11.8 Å². The third-order valence-electron chi connectivity index (χ3n) is 7.21. The van der Waals surface area contributed by atoms with Crippen LogP contribution in [0, 0.1) is 10.8 Å². The number of carbonyl (C=O) groups excluding carboxylic acids is 4. The first kappa shape index (κ1) is 39.3. The van der Waals surface area contributed by atoms with E-state index in [-0.39, 0.29) is 55.5 Å². The molecule has 1 fully saturated rings. The number of carbonyl (C=O) groups is 6. The zero-order chi connectivity index (χ0) is 37.1. The van der Waals surface area contributed by atoms with Crippen LogP contribution >= 0.6 is 0 Å². The SMILES string of the molecule is CC(=O)[C@@]1(CCCCC(=O)Nc2ccc(C(=N)N)cc2)C(=O)N(CC(=O)O)CCN1NC(=O)c1ccc(C(=N)N)cc1.O=C(O)C(F)(F)F. The number of rotatable bonds is 13. The van der Waals surface area contributed by atoms with Crippen LogP contribution in [0.15, 0.2) is 48.5 Å². The van der Waals surface area contributed by atoms with Crippen LogP contribution in [-0.2, 0) is 24.0 Å². The second-order valence-electron chi connectivity index (χ2n) is 10.7. The van der Waals surface area contributed by atoms with Crippen molar-refractivity contribution < 1.29 is 52.2 Å². The van der Waals surface area contributed by atoms with Crippen molar-refractivity contribution in [2.75, 3.05) is 25.0 Å². The minimum absolute atomic E-state index is 0.00733. The number of nitrogen functional groups attached to an aromatic ring is 2. The molecular weight excluding hydrogens is 657 g/mol. The van der Waals surface area contributed by atoms with Gasteiger partial charge in [0.1, 0.15) is 18.2 Å². The second-order valence-corrected chi connectivity index (χ2v) is 10.7. The molecular formula is C30H35F3N8O8. The third-order valence-corrected chi connectivity index (χ3v) is 7.21. The van der Waals surface area contributed by atoms with E-state index in [4.69, 9.17) is 32.2 Å². The van der Waals surface area contributed by atoms with Crippen molar-refractivity contribution in [3.8, 4) is 0 Å². The van der Waals surface area contributed by atoms with Crippen LogP contribution in [0.3, 0.4) is 0 Å². The van der Waals surface area contributed by atoms with E-state index in [9.17, 15) is 42.3 Å². The van der Waals surface area contributed by atoms with Crippen molar-refractivity contribution in [1.29, 1.82) is 10.8 Å². The van der Waals surface area contributed by atoms with Gasteiger partial charge in [-0.1, -0.05) is 18.6 Å². The van der Waals surface area contributed by atoms with Gasteiger partial charge >= 0.3 is 18.1 Å². The average molecular weight is 693 g/mol. The lowest BCUT2D eigenvalue weighted by atomic mass is 9.84. The van der Waals surface area contributed by atoms with Gasteiger partial charge in [-0.15, -0.1) is 0 Å². The van der Waals surface area contributed by atoms with Crippen molar-refractivity contribution >= 4 is 52.8 Å². The summed E-state index contributed by atoms with van der Waals surface area (Å²) >= 11 is 0. The molecule has 0 radical (unpaired) electrons. The quantitative estimate of drug-likeness (QED) is 0.0641. The van der Waals surface area contributed by atoms with Gasteiger partial charge < -0.3 is 31.9 Å². The van der Waals surface area contributed by atoms with E-state index in [1.54, 1.807) is 24.3 Å². The number of alkyl halides is 3. The number of unbranched alkanes of at least 4 members (excludes halogenated alkanes) is 1. The smallest absolute Gasteiger partial charge is 0.480 e. The fourth-order valence-corrected chi connectivity index (χ4v) is 4.73. The molecule has 264 valence electrons. The Balaban J connectivity index is 0.00000107. The number of anilines is 1. The lowest BCUT2D eigenvalue weighted by molar-refractivity contribution is -0.192. The highest BCUT2D eigenvalue weighted by Gasteiger charge is 2.53. The second kappa shape index (κ2) is 16.8. The van der Waals surface area contributed by atoms with Crippen LogP contribution in [0.1, 0.15) is 54.1 Å². The molecule has 1 heterocycles. The van der Waals surface area contributed by atoms with Crippen LogP contribution in [0.4, 0.5) is 18.9 Å². The molecule has 0 aromatic heterocycles. The molecule has 1 aliphatic rings. The summed E-state index contributed by atoms with van der Waals surface area (Å²) in [4.78, 5) is 73.7. The number of amides is 3. The van der Waals surface area contributed by atoms with E-state index in [2.05, 4.69) is 10.7 Å². The van der Waals surface area contributed by atoms with Gasteiger partial charge in [-0.25, -0.2) is 4.79 Å². The van der Waals surface area contributed by atoms with Gasteiger partial charge in [0.15, 0.2) is 11.3 Å². The van der Waals surface area contributed by atoms with E-state index >= 15 is 0 Å². The molecule has 16 nitrogen and oxygen atoms in total. The Morgan fingerprint density at radius 1 is 0.878 bits per heavy atom. The molecule has 3 amide bonds. The topological polar surface area (TPSA) is 273 Å². The fraction of sp³-hybridized carbons (Fsp3) is 0.333. The number of hydrogen-bond acceptors (Lipinski definition) is 9. The molecule has 10 N–H and O–H groups in total. The van der Waals surface area contributed by atoms with Crippen molar-refractivity contribution in [3.63, 3.8) is 0 Å². The zero-order valence-electron chi connectivity index (χ0n) is 26.1.